The van der Waals surface area contributed by atoms with Gasteiger partial charge in [-0.3, -0.25) is 0 Å². The number of nitrogen functional groups attached to an aromatic ring is 1. The molecule has 4 rings (SSSR count). The topological polar surface area (TPSA) is 130 Å². The zero-order valence-corrected chi connectivity index (χ0v) is 18.8. The number of aryl methyl sites for hydroxylation is 1. The second kappa shape index (κ2) is 9.54. The van der Waals surface area contributed by atoms with Crippen molar-refractivity contribution in [3.05, 3.63) is 28.9 Å². The summed E-state index contributed by atoms with van der Waals surface area (Å²) in [5.41, 5.74) is 7.11. The lowest BCUT2D eigenvalue weighted by Gasteiger charge is -2.42. The first kappa shape index (κ1) is 22.0. The van der Waals surface area contributed by atoms with Crippen molar-refractivity contribution in [2.24, 2.45) is 0 Å². The van der Waals surface area contributed by atoms with Crippen molar-refractivity contribution in [3.8, 4) is 0 Å². The van der Waals surface area contributed by atoms with Crippen molar-refractivity contribution in [1.29, 1.82) is 0 Å². The highest BCUT2D eigenvalue weighted by atomic mass is 35.5. The molecular weight excluding hydrogens is 438 g/mol. The third-order valence-corrected chi connectivity index (χ3v) is 6.78. The smallest absolute Gasteiger partial charge is 0.394 e. The van der Waals surface area contributed by atoms with E-state index in [1.807, 2.05) is 0 Å². The van der Waals surface area contributed by atoms with Gasteiger partial charge in [-0.2, -0.15) is 4.98 Å². The Morgan fingerprint density at radius 1 is 1.26 bits per heavy atom. The van der Waals surface area contributed by atoms with Crippen LogP contribution in [-0.4, -0.2) is 56.0 Å². The molecule has 0 spiro atoms. The lowest BCUT2D eigenvalue weighted by Crippen LogP contribution is -2.48. The third kappa shape index (κ3) is 4.86. The summed E-state index contributed by atoms with van der Waals surface area (Å²) in [7, 11) is 0. The summed E-state index contributed by atoms with van der Waals surface area (Å²) >= 11 is 6.42. The number of hydrogen-bond acceptors (Lipinski definition) is 9. The highest BCUT2D eigenvalue weighted by Gasteiger charge is 2.37. The molecule has 2 aromatic heterocycles. The number of aromatic nitrogens is 4. The fraction of sp³-hybridized carbons (Fsp3) is 0.600. The van der Waals surface area contributed by atoms with E-state index in [1.54, 1.807) is 12.4 Å². The molecule has 166 valence electrons. The first-order chi connectivity index (χ1) is 15.0. The van der Waals surface area contributed by atoms with Crippen molar-refractivity contribution in [3.63, 3.8) is 0 Å². The molecule has 4 N–H and O–H groups in total. The summed E-state index contributed by atoms with van der Waals surface area (Å²) in [5.74, 6) is 2.62. The SMILES string of the molecule is Nc1c(CC[S+]=O)nc(N2CCC(c3ncc(Cl)cn3)CC2)nc1NC1(CO)CCC1. The predicted molar refractivity (Wildman–Crippen MR) is 122 cm³/mol. The zero-order valence-electron chi connectivity index (χ0n) is 17.3. The summed E-state index contributed by atoms with van der Waals surface area (Å²) in [6.45, 7) is 1.56. The minimum atomic E-state index is -0.372. The van der Waals surface area contributed by atoms with Crippen molar-refractivity contribution < 1.29 is 9.32 Å². The van der Waals surface area contributed by atoms with E-state index in [4.69, 9.17) is 22.3 Å². The van der Waals surface area contributed by atoms with Crippen LogP contribution in [0.25, 0.3) is 0 Å². The van der Waals surface area contributed by atoms with Gasteiger partial charge in [0.1, 0.15) is 5.82 Å². The normalized spacial score (nSPS) is 18.5. The van der Waals surface area contributed by atoms with Crippen LogP contribution >= 0.6 is 11.6 Å². The molecule has 0 bridgehead atoms. The summed E-state index contributed by atoms with van der Waals surface area (Å²) in [4.78, 5) is 20.3. The van der Waals surface area contributed by atoms with E-state index in [0.717, 1.165) is 51.0 Å². The van der Waals surface area contributed by atoms with Crippen LogP contribution in [0.2, 0.25) is 5.02 Å². The summed E-state index contributed by atoms with van der Waals surface area (Å²) < 4.78 is 11.0. The molecule has 11 heteroatoms. The van der Waals surface area contributed by atoms with Crippen LogP contribution in [0.1, 0.15) is 49.5 Å². The van der Waals surface area contributed by atoms with E-state index in [-0.39, 0.29) is 18.1 Å². The van der Waals surface area contributed by atoms with Crippen LogP contribution in [0.15, 0.2) is 12.4 Å². The summed E-state index contributed by atoms with van der Waals surface area (Å²) in [6, 6.07) is 0. The Morgan fingerprint density at radius 2 is 1.97 bits per heavy atom. The van der Waals surface area contributed by atoms with E-state index in [2.05, 4.69) is 25.2 Å². The van der Waals surface area contributed by atoms with Gasteiger partial charge in [0.05, 0.1) is 35.0 Å². The molecule has 3 heterocycles. The number of hydrogen-bond donors (Lipinski definition) is 3. The molecule has 2 aliphatic rings. The highest BCUT2D eigenvalue weighted by molar-refractivity contribution is 7.65. The van der Waals surface area contributed by atoms with E-state index in [0.29, 0.717) is 52.0 Å². The monoisotopic (exact) mass is 464 g/mol. The van der Waals surface area contributed by atoms with E-state index < -0.39 is 0 Å². The molecule has 1 saturated carbocycles. The van der Waals surface area contributed by atoms with E-state index in [1.165, 1.54) is 0 Å². The second-order valence-corrected chi connectivity index (χ2v) is 9.32. The average molecular weight is 465 g/mol. The van der Waals surface area contributed by atoms with Crippen LogP contribution < -0.4 is 16.0 Å². The molecule has 9 nitrogen and oxygen atoms in total. The first-order valence-electron chi connectivity index (χ1n) is 10.6. The standard InChI is InChI=1S/C20H27ClN7O2S/c21-14-10-23-17(24-11-14)13-2-7-28(8-3-13)19-25-15(4-9-31-30)16(22)18(26-19)27-20(12-29)5-1-6-20/h10-11,13,29H,1-9,12,22H2,(H,25,26,27)/q+1. The number of anilines is 3. The Hall–Kier alpha value is -2.17. The quantitative estimate of drug-likeness (QED) is 0.503. The van der Waals surface area contributed by atoms with Gasteiger partial charge in [-0.05, 0) is 32.1 Å². The van der Waals surface area contributed by atoms with Gasteiger partial charge in [-0.15, -0.1) is 0 Å². The first-order valence-corrected chi connectivity index (χ1v) is 11.8. The molecule has 2 aromatic rings. The van der Waals surface area contributed by atoms with Crippen molar-refractivity contribution in [2.45, 2.75) is 50.0 Å². The van der Waals surface area contributed by atoms with E-state index in [9.17, 15) is 9.32 Å². The molecular formula is C20H27ClN7O2S+. The molecule has 0 aromatic carbocycles. The number of piperidine rings is 1. The Morgan fingerprint density at radius 3 is 2.55 bits per heavy atom. The van der Waals surface area contributed by atoms with Gasteiger partial charge >= 0.3 is 11.7 Å². The van der Waals surface area contributed by atoms with Gasteiger partial charge in [0.25, 0.3) is 0 Å². The molecule has 1 aliphatic heterocycles. The van der Waals surface area contributed by atoms with Gasteiger partial charge in [0, 0.05) is 35.6 Å². The number of nitrogens with two attached hydrogens (primary N) is 1. The van der Waals surface area contributed by atoms with Crippen LogP contribution in [0, 0.1) is 0 Å². The van der Waals surface area contributed by atoms with Gasteiger partial charge in [0.2, 0.25) is 11.7 Å². The number of rotatable bonds is 8. The Labute approximate surface area is 190 Å². The molecule has 31 heavy (non-hydrogen) atoms. The molecule has 0 amide bonds. The minimum Gasteiger partial charge on any atom is -0.394 e. The highest BCUT2D eigenvalue weighted by Crippen LogP contribution is 2.37. The van der Waals surface area contributed by atoms with Crippen molar-refractivity contribution in [2.75, 3.05) is 41.4 Å². The number of aliphatic hydroxyl groups is 1. The number of aliphatic hydroxyl groups excluding tert-OH is 1. The number of nitrogens with one attached hydrogen (secondary N) is 1. The van der Waals surface area contributed by atoms with Crippen LogP contribution in [0.4, 0.5) is 17.5 Å². The number of nitrogens with zero attached hydrogens (tertiary/aromatic N) is 5. The third-order valence-electron chi connectivity index (χ3n) is 6.22. The fourth-order valence-electron chi connectivity index (χ4n) is 4.12. The zero-order chi connectivity index (χ0) is 21.8. The minimum absolute atomic E-state index is 0.0318. The second-order valence-electron chi connectivity index (χ2n) is 8.24. The largest absolute Gasteiger partial charge is 0.459 e. The van der Waals surface area contributed by atoms with Crippen LogP contribution in [0.3, 0.4) is 0 Å². The predicted octanol–water partition coefficient (Wildman–Crippen LogP) is 2.18. The number of halogens is 1. The van der Waals surface area contributed by atoms with Gasteiger partial charge in [-0.25, -0.2) is 15.0 Å². The molecule has 0 unspecified atom stereocenters. The lowest BCUT2D eigenvalue weighted by molar-refractivity contribution is 0.144. The van der Waals surface area contributed by atoms with Crippen molar-refractivity contribution in [1.82, 2.24) is 19.9 Å². The Kier molecular flexibility index (Phi) is 6.78. The fourth-order valence-corrected chi connectivity index (χ4v) is 4.49. The maximum absolute atomic E-state index is 11.0. The van der Waals surface area contributed by atoms with Gasteiger partial charge in [-0.1, -0.05) is 11.6 Å². The molecule has 1 aliphatic carbocycles. The summed E-state index contributed by atoms with van der Waals surface area (Å²) in [5, 5.41) is 13.8. The Balaban J connectivity index is 1.53. The maximum atomic E-state index is 11.0. The Bertz CT molecular complexity index is 913. The maximum Gasteiger partial charge on any atom is 0.459 e. The van der Waals surface area contributed by atoms with Crippen molar-refractivity contribution >= 4 is 40.7 Å². The van der Waals surface area contributed by atoms with E-state index >= 15 is 0 Å². The lowest BCUT2D eigenvalue weighted by atomic mass is 9.77. The average Bonchev–Trinajstić information content (AvgIpc) is 2.77. The van der Waals surface area contributed by atoms with Gasteiger partial charge in [0.15, 0.2) is 5.82 Å². The van der Waals surface area contributed by atoms with Crippen LogP contribution in [0.5, 0.6) is 0 Å². The summed E-state index contributed by atoms with van der Waals surface area (Å²) in [6.07, 6.45) is 8.32. The molecule has 0 radical (unpaired) electrons. The molecule has 1 saturated heterocycles. The van der Waals surface area contributed by atoms with Gasteiger partial charge < -0.3 is 21.1 Å². The molecule has 0 atom stereocenters. The van der Waals surface area contributed by atoms with Crippen LogP contribution in [-0.2, 0) is 22.3 Å². The molecule has 2 fully saturated rings.